The lowest BCUT2D eigenvalue weighted by Gasteiger charge is -2.35. The maximum Gasteiger partial charge on any atom is 0.157 e. The third-order valence-electron chi connectivity index (χ3n) is 5.65. The van der Waals surface area contributed by atoms with Crippen molar-refractivity contribution in [1.82, 2.24) is 10.2 Å². The number of thioether (sulfide) groups is 1. The minimum Gasteiger partial charge on any atom is -0.359 e. The highest BCUT2D eigenvalue weighted by atomic mass is 32.2. The minimum absolute atomic E-state index is 0.394. The van der Waals surface area contributed by atoms with Crippen molar-refractivity contribution < 1.29 is 0 Å². The van der Waals surface area contributed by atoms with Crippen LogP contribution in [-0.4, -0.2) is 46.5 Å². The molecular formula is C16H27N3S. The third kappa shape index (κ3) is 2.74. The van der Waals surface area contributed by atoms with Gasteiger partial charge in [0.15, 0.2) is 5.17 Å². The van der Waals surface area contributed by atoms with E-state index in [0.29, 0.717) is 11.6 Å². The molecule has 2 heterocycles. The fourth-order valence-corrected chi connectivity index (χ4v) is 5.26. The Morgan fingerprint density at radius 3 is 2.75 bits per heavy atom. The number of hydrogen-bond acceptors (Lipinski definition) is 3. The Labute approximate surface area is 127 Å². The second-order valence-corrected chi connectivity index (χ2v) is 8.44. The summed E-state index contributed by atoms with van der Waals surface area (Å²) in [5, 5.41) is 5.06. The maximum absolute atomic E-state index is 5.03. The summed E-state index contributed by atoms with van der Waals surface area (Å²) in [6, 6.07) is 1.47. The monoisotopic (exact) mass is 293 g/mol. The van der Waals surface area contributed by atoms with Crippen molar-refractivity contribution in [3.05, 3.63) is 0 Å². The van der Waals surface area contributed by atoms with E-state index >= 15 is 0 Å². The van der Waals surface area contributed by atoms with Crippen LogP contribution in [0.3, 0.4) is 0 Å². The van der Waals surface area contributed by atoms with Crippen LogP contribution in [0.4, 0.5) is 0 Å². The molecule has 4 aliphatic rings. The highest BCUT2D eigenvalue weighted by molar-refractivity contribution is 8.14. The largest absolute Gasteiger partial charge is 0.359 e. The third-order valence-corrected chi connectivity index (χ3v) is 6.82. The molecule has 4 heteroatoms. The second kappa shape index (κ2) is 5.20. The number of likely N-dealkylation sites (tertiary alicyclic amines) is 1. The Kier molecular flexibility index (Phi) is 3.50. The van der Waals surface area contributed by atoms with Crippen molar-refractivity contribution in [2.75, 3.05) is 18.8 Å². The number of nitrogens with one attached hydrogen (secondary N) is 1. The predicted octanol–water partition coefficient (Wildman–Crippen LogP) is 2.86. The van der Waals surface area contributed by atoms with Crippen molar-refractivity contribution >= 4 is 16.9 Å². The Bertz CT molecular complexity index is 397. The fraction of sp³-hybridized carbons (Fsp3) is 0.938. The highest BCUT2D eigenvalue weighted by Crippen LogP contribution is 2.39. The summed E-state index contributed by atoms with van der Waals surface area (Å²) < 4.78 is 0. The first-order valence-electron chi connectivity index (χ1n) is 8.45. The number of hydrogen-bond donors (Lipinski definition) is 1. The Balaban J connectivity index is 1.35. The molecule has 20 heavy (non-hydrogen) atoms. The summed E-state index contributed by atoms with van der Waals surface area (Å²) >= 11 is 1.98. The summed E-state index contributed by atoms with van der Waals surface area (Å²) in [5.41, 5.74) is 0.394. The molecule has 1 spiro atoms. The molecule has 2 saturated carbocycles. The van der Waals surface area contributed by atoms with Crippen LogP contribution in [-0.2, 0) is 0 Å². The van der Waals surface area contributed by atoms with E-state index in [4.69, 9.17) is 4.99 Å². The van der Waals surface area contributed by atoms with Crippen LogP contribution in [0.15, 0.2) is 4.99 Å². The second-order valence-electron chi connectivity index (χ2n) is 7.48. The molecule has 0 aromatic rings. The van der Waals surface area contributed by atoms with E-state index in [-0.39, 0.29) is 0 Å². The first kappa shape index (κ1) is 13.4. The van der Waals surface area contributed by atoms with Crippen molar-refractivity contribution in [2.24, 2.45) is 10.9 Å². The van der Waals surface area contributed by atoms with Gasteiger partial charge in [0.05, 0.1) is 6.04 Å². The average Bonchev–Trinajstić information content (AvgIpc) is 3.08. The zero-order valence-electron chi connectivity index (χ0n) is 12.6. The Hall–Kier alpha value is -0.220. The van der Waals surface area contributed by atoms with Crippen molar-refractivity contribution in [2.45, 2.75) is 69.5 Å². The standard InChI is InChI=1S/C16H27N3S/c1-12-4-7-16(8-5-12)11-20-15(18-16)17-13-6-9-19(10-13)14-2-3-14/h12-14H,2-11H2,1H3,(H,17,18). The molecule has 112 valence electrons. The number of amidine groups is 1. The van der Waals surface area contributed by atoms with E-state index in [9.17, 15) is 0 Å². The van der Waals surface area contributed by atoms with Gasteiger partial charge in [0.25, 0.3) is 0 Å². The van der Waals surface area contributed by atoms with Gasteiger partial charge in [-0.05, 0) is 50.9 Å². The summed E-state index contributed by atoms with van der Waals surface area (Å²) in [4.78, 5) is 7.69. The molecule has 0 bridgehead atoms. The lowest BCUT2D eigenvalue weighted by Crippen LogP contribution is -2.46. The van der Waals surface area contributed by atoms with Crippen LogP contribution < -0.4 is 5.32 Å². The van der Waals surface area contributed by atoms with Crippen LogP contribution in [0.25, 0.3) is 0 Å². The zero-order chi connectivity index (χ0) is 13.6. The lowest BCUT2D eigenvalue weighted by molar-refractivity contribution is 0.250. The fourth-order valence-electron chi connectivity index (χ4n) is 3.97. The van der Waals surface area contributed by atoms with Crippen molar-refractivity contribution in [3.8, 4) is 0 Å². The van der Waals surface area contributed by atoms with Gasteiger partial charge in [0.1, 0.15) is 0 Å². The zero-order valence-corrected chi connectivity index (χ0v) is 13.4. The molecular weight excluding hydrogens is 266 g/mol. The van der Waals surface area contributed by atoms with Gasteiger partial charge in [-0.3, -0.25) is 9.89 Å². The van der Waals surface area contributed by atoms with Crippen molar-refractivity contribution in [1.29, 1.82) is 0 Å². The van der Waals surface area contributed by atoms with Gasteiger partial charge in [-0.15, -0.1) is 0 Å². The molecule has 3 nitrogen and oxygen atoms in total. The molecule has 2 saturated heterocycles. The van der Waals surface area contributed by atoms with E-state index in [1.165, 1.54) is 69.0 Å². The molecule has 0 amide bonds. The quantitative estimate of drug-likeness (QED) is 0.848. The summed E-state index contributed by atoms with van der Waals surface area (Å²) in [6.45, 7) is 4.88. The molecule has 0 radical (unpaired) electrons. The van der Waals surface area contributed by atoms with E-state index in [2.05, 4.69) is 17.1 Å². The van der Waals surface area contributed by atoms with E-state index < -0.39 is 0 Å². The molecule has 0 aromatic carbocycles. The summed E-state index contributed by atoms with van der Waals surface area (Å²) in [5.74, 6) is 2.17. The van der Waals surface area contributed by atoms with Gasteiger partial charge < -0.3 is 5.32 Å². The summed E-state index contributed by atoms with van der Waals surface area (Å²) in [6.07, 6.45) is 9.60. The molecule has 4 rings (SSSR count). The molecule has 1 atom stereocenters. The molecule has 1 N–H and O–H groups in total. The lowest BCUT2D eigenvalue weighted by atomic mass is 9.78. The van der Waals surface area contributed by atoms with E-state index in [1.54, 1.807) is 0 Å². The van der Waals surface area contributed by atoms with Crippen LogP contribution in [0.1, 0.15) is 51.9 Å². The van der Waals surface area contributed by atoms with Crippen LogP contribution in [0.5, 0.6) is 0 Å². The SMILES string of the molecule is CC1CCC2(CC1)CSC(=NC1CCN(C3CC3)C1)N2. The summed E-state index contributed by atoms with van der Waals surface area (Å²) in [7, 11) is 0. The molecule has 2 aliphatic heterocycles. The average molecular weight is 293 g/mol. The van der Waals surface area contributed by atoms with Crippen LogP contribution >= 0.6 is 11.8 Å². The topological polar surface area (TPSA) is 27.6 Å². The van der Waals surface area contributed by atoms with E-state index in [0.717, 1.165) is 12.0 Å². The smallest absolute Gasteiger partial charge is 0.157 e. The number of aliphatic imine (C=N–C) groups is 1. The van der Waals surface area contributed by atoms with E-state index in [1.807, 2.05) is 11.8 Å². The molecule has 2 aliphatic carbocycles. The molecule has 0 aromatic heterocycles. The maximum atomic E-state index is 5.03. The Morgan fingerprint density at radius 1 is 1.20 bits per heavy atom. The highest BCUT2D eigenvalue weighted by Gasteiger charge is 2.40. The molecule has 1 unspecified atom stereocenters. The van der Waals surface area contributed by atoms with Gasteiger partial charge >= 0.3 is 0 Å². The molecule has 4 fully saturated rings. The normalized spacial score (nSPS) is 44.4. The minimum atomic E-state index is 0.394. The number of rotatable bonds is 2. The first-order chi connectivity index (χ1) is 9.72. The van der Waals surface area contributed by atoms with Crippen molar-refractivity contribution in [3.63, 3.8) is 0 Å². The van der Waals surface area contributed by atoms with Gasteiger partial charge in [0.2, 0.25) is 0 Å². The van der Waals surface area contributed by atoms with Crippen LogP contribution in [0.2, 0.25) is 0 Å². The van der Waals surface area contributed by atoms with Gasteiger partial charge in [-0.2, -0.15) is 0 Å². The van der Waals surface area contributed by atoms with Crippen LogP contribution in [0, 0.1) is 5.92 Å². The van der Waals surface area contributed by atoms with Gasteiger partial charge in [-0.1, -0.05) is 18.7 Å². The number of nitrogens with zero attached hydrogens (tertiary/aromatic N) is 2. The van der Waals surface area contributed by atoms with Gasteiger partial charge in [0, 0.05) is 30.4 Å². The first-order valence-corrected chi connectivity index (χ1v) is 9.44. The van der Waals surface area contributed by atoms with Gasteiger partial charge in [-0.25, -0.2) is 0 Å². The predicted molar refractivity (Wildman–Crippen MR) is 86.4 cm³/mol. The Morgan fingerprint density at radius 2 is 2.00 bits per heavy atom.